The standard InChI is InChI=1S/C16H22FN3O2/c1-12-13(3-2-4-18-12)10-20-11-14(17)9-15(20)16(21)19-5-7-22-8-6-19/h2-4,14-15H,5-11H2,1H3/t14-,15+/m1/s1. The number of carbonyl (C=O) groups excluding carboxylic acids is 1. The maximum atomic E-state index is 13.9. The second-order valence-corrected chi connectivity index (χ2v) is 5.96. The summed E-state index contributed by atoms with van der Waals surface area (Å²) in [4.78, 5) is 20.7. The Balaban J connectivity index is 1.71. The molecule has 0 aromatic carbocycles. The highest BCUT2D eigenvalue weighted by atomic mass is 19.1. The van der Waals surface area contributed by atoms with E-state index in [1.807, 2.05) is 24.0 Å². The van der Waals surface area contributed by atoms with Crippen molar-refractivity contribution in [3.05, 3.63) is 29.6 Å². The van der Waals surface area contributed by atoms with Crippen molar-refractivity contribution in [1.29, 1.82) is 0 Å². The maximum absolute atomic E-state index is 13.9. The van der Waals surface area contributed by atoms with Crippen LogP contribution in [0.25, 0.3) is 0 Å². The SMILES string of the molecule is Cc1ncccc1CN1C[C@H](F)C[C@H]1C(=O)N1CCOCC1. The molecular formula is C16H22FN3O2. The third-order valence-electron chi connectivity index (χ3n) is 4.45. The van der Waals surface area contributed by atoms with Gasteiger partial charge in [-0.05, 0) is 18.6 Å². The van der Waals surface area contributed by atoms with Crippen LogP contribution in [0.1, 0.15) is 17.7 Å². The molecule has 0 bridgehead atoms. The molecule has 2 fully saturated rings. The molecule has 0 N–H and O–H groups in total. The first kappa shape index (κ1) is 15.4. The number of hydrogen-bond acceptors (Lipinski definition) is 4. The van der Waals surface area contributed by atoms with E-state index in [-0.39, 0.29) is 18.4 Å². The molecule has 0 unspecified atom stereocenters. The first-order chi connectivity index (χ1) is 10.6. The second kappa shape index (κ2) is 6.71. The molecule has 120 valence electrons. The quantitative estimate of drug-likeness (QED) is 0.841. The molecule has 2 aliphatic rings. The number of amides is 1. The number of carbonyl (C=O) groups is 1. The predicted molar refractivity (Wildman–Crippen MR) is 80.1 cm³/mol. The summed E-state index contributed by atoms with van der Waals surface area (Å²) in [5.41, 5.74) is 1.98. The van der Waals surface area contributed by atoms with Gasteiger partial charge in [-0.15, -0.1) is 0 Å². The number of halogens is 1. The van der Waals surface area contributed by atoms with Gasteiger partial charge in [0, 0.05) is 44.5 Å². The van der Waals surface area contributed by atoms with Gasteiger partial charge in [0.2, 0.25) is 5.91 Å². The Morgan fingerprint density at radius 3 is 2.95 bits per heavy atom. The van der Waals surface area contributed by atoms with Crippen LogP contribution in [0.15, 0.2) is 18.3 Å². The van der Waals surface area contributed by atoms with Crippen LogP contribution in [0.5, 0.6) is 0 Å². The monoisotopic (exact) mass is 307 g/mol. The lowest BCUT2D eigenvalue weighted by Gasteiger charge is -2.32. The van der Waals surface area contributed by atoms with Crippen molar-refractivity contribution in [3.8, 4) is 0 Å². The lowest BCUT2D eigenvalue weighted by atomic mass is 10.1. The van der Waals surface area contributed by atoms with E-state index in [1.54, 1.807) is 11.1 Å². The van der Waals surface area contributed by atoms with Gasteiger partial charge in [-0.2, -0.15) is 0 Å². The van der Waals surface area contributed by atoms with Crippen molar-refractivity contribution < 1.29 is 13.9 Å². The highest BCUT2D eigenvalue weighted by molar-refractivity contribution is 5.82. The van der Waals surface area contributed by atoms with Gasteiger partial charge < -0.3 is 9.64 Å². The van der Waals surface area contributed by atoms with Gasteiger partial charge in [-0.3, -0.25) is 14.7 Å². The van der Waals surface area contributed by atoms with E-state index in [9.17, 15) is 9.18 Å². The van der Waals surface area contributed by atoms with Crippen LogP contribution < -0.4 is 0 Å². The lowest BCUT2D eigenvalue weighted by Crippen LogP contribution is -2.49. The molecule has 0 spiro atoms. The largest absolute Gasteiger partial charge is 0.378 e. The smallest absolute Gasteiger partial charge is 0.240 e. The zero-order chi connectivity index (χ0) is 15.5. The summed E-state index contributed by atoms with van der Waals surface area (Å²) >= 11 is 0. The molecule has 0 saturated carbocycles. The zero-order valence-electron chi connectivity index (χ0n) is 12.9. The Morgan fingerprint density at radius 1 is 1.45 bits per heavy atom. The lowest BCUT2D eigenvalue weighted by molar-refractivity contribution is -0.140. The molecule has 3 rings (SSSR count). The minimum atomic E-state index is -0.938. The summed E-state index contributed by atoms with van der Waals surface area (Å²) in [6.07, 6.45) is 1.10. The first-order valence-electron chi connectivity index (χ1n) is 7.80. The average Bonchev–Trinajstić information content (AvgIpc) is 2.90. The number of aryl methyl sites for hydroxylation is 1. The van der Waals surface area contributed by atoms with E-state index in [0.29, 0.717) is 39.4 Å². The number of aromatic nitrogens is 1. The van der Waals surface area contributed by atoms with Gasteiger partial charge in [-0.1, -0.05) is 6.07 Å². The number of hydrogen-bond donors (Lipinski definition) is 0. The van der Waals surface area contributed by atoms with Crippen LogP contribution in [0, 0.1) is 6.92 Å². The topological polar surface area (TPSA) is 45.7 Å². The molecule has 2 saturated heterocycles. The minimum absolute atomic E-state index is 0.0324. The zero-order valence-corrected chi connectivity index (χ0v) is 12.9. The van der Waals surface area contributed by atoms with Gasteiger partial charge in [0.1, 0.15) is 6.17 Å². The molecule has 3 heterocycles. The molecule has 1 aromatic heterocycles. The van der Waals surface area contributed by atoms with Crippen LogP contribution in [0.3, 0.4) is 0 Å². The van der Waals surface area contributed by atoms with Crippen molar-refractivity contribution in [2.75, 3.05) is 32.8 Å². The van der Waals surface area contributed by atoms with E-state index >= 15 is 0 Å². The fourth-order valence-electron chi connectivity index (χ4n) is 3.18. The molecule has 0 radical (unpaired) electrons. The van der Waals surface area contributed by atoms with Crippen molar-refractivity contribution in [3.63, 3.8) is 0 Å². The van der Waals surface area contributed by atoms with Gasteiger partial charge in [-0.25, -0.2) is 4.39 Å². The van der Waals surface area contributed by atoms with Gasteiger partial charge >= 0.3 is 0 Å². The van der Waals surface area contributed by atoms with E-state index in [0.717, 1.165) is 11.3 Å². The molecule has 0 aliphatic carbocycles. The summed E-state index contributed by atoms with van der Waals surface area (Å²) in [6.45, 7) is 5.17. The van der Waals surface area contributed by atoms with E-state index in [1.165, 1.54) is 0 Å². The van der Waals surface area contributed by atoms with Crippen LogP contribution in [-0.2, 0) is 16.1 Å². The van der Waals surface area contributed by atoms with Gasteiger partial charge in [0.25, 0.3) is 0 Å². The summed E-state index contributed by atoms with van der Waals surface area (Å²) in [5, 5.41) is 0. The van der Waals surface area contributed by atoms with Gasteiger partial charge in [0.15, 0.2) is 0 Å². The molecule has 1 aromatic rings. The van der Waals surface area contributed by atoms with Crippen molar-refractivity contribution in [2.45, 2.75) is 32.1 Å². The fraction of sp³-hybridized carbons (Fsp3) is 0.625. The highest BCUT2D eigenvalue weighted by Crippen LogP contribution is 2.25. The fourth-order valence-corrected chi connectivity index (χ4v) is 3.18. The molecular weight excluding hydrogens is 285 g/mol. The maximum Gasteiger partial charge on any atom is 0.240 e. The Bertz CT molecular complexity index is 534. The number of rotatable bonds is 3. The number of pyridine rings is 1. The summed E-state index contributed by atoms with van der Waals surface area (Å²) in [5.74, 6) is 0.0324. The van der Waals surface area contributed by atoms with Gasteiger partial charge in [0.05, 0.1) is 19.3 Å². The number of ether oxygens (including phenoxy) is 1. The Labute approximate surface area is 130 Å². The Hall–Kier alpha value is -1.53. The Morgan fingerprint density at radius 2 is 2.23 bits per heavy atom. The summed E-state index contributed by atoms with van der Waals surface area (Å²) < 4.78 is 19.2. The predicted octanol–water partition coefficient (Wildman–Crippen LogP) is 1.16. The summed E-state index contributed by atoms with van der Waals surface area (Å²) in [6, 6.07) is 3.50. The first-order valence-corrected chi connectivity index (χ1v) is 7.80. The Kier molecular flexibility index (Phi) is 4.69. The average molecular weight is 307 g/mol. The molecule has 5 nitrogen and oxygen atoms in total. The van der Waals surface area contributed by atoms with E-state index < -0.39 is 6.17 Å². The number of alkyl halides is 1. The van der Waals surface area contributed by atoms with Crippen LogP contribution >= 0.6 is 0 Å². The normalized spacial score (nSPS) is 26.4. The number of morpholine rings is 1. The van der Waals surface area contributed by atoms with Crippen LogP contribution in [-0.4, -0.2) is 65.8 Å². The molecule has 2 atom stereocenters. The van der Waals surface area contributed by atoms with Crippen LogP contribution in [0.4, 0.5) is 4.39 Å². The van der Waals surface area contributed by atoms with Crippen molar-refractivity contribution >= 4 is 5.91 Å². The van der Waals surface area contributed by atoms with Crippen LogP contribution in [0.2, 0.25) is 0 Å². The van der Waals surface area contributed by atoms with Crippen molar-refractivity contribution in [1.82, 2.24) is 14.8 Å². The molecule has 2 aliphatic heterocycles. The second-order valence-electron chi connectivity index (χ2n) is 5.96. The van der Waals surface area contributed by atoms with E-state index in [2.05, 4.69) is 4.98 Å². The number of nitrogens with zero attached hydrogens (tertiary/aromatic N) is 3. The molecule has 6 heteroatoms. The molecule has 22 heavy (non-hydrogen) atoms. The van der Waals surface area contributed by atoms with E-state index in [4.69, 9.17) is 4.74 Å². The van der Waals surface area contributed by atoms with Crippen molar-refractivity contribution in [2.24, 2.45) is 0 Å². The minimum Gasteiger partial charge on any atom is -0.378 e. The molecule has 1 amide bonds. The number of likely N-dealkylation sites (tertiary alicyclic amines) is 1. The third kappa shape index (κ3) is 3.28. The summed E-state index contributed by atoms with van der Waals surface area (Å²) in [7, 11) is 0. The third-order valence-corrected chi connectivity index (χ3v) is 4.45. The highest BCUT2D eigenvalue weighted by Gasteiger charge is 2.39.